The zero-order valence-electron chi connectivity index (χ0n) is 6.71. The van der Waals surface area contributed by atoms with Crippen molar-refractivity contribution in [2.24, 2.45) is 5.73 Å². The molecule has 3 heteroatoms. The van der Waals surface area contributed by atoms with Gasteiger partial charge in [-0.2, -0.15) is 0 Å². The Hall–Kier alpha value is -0.120. The van der Waals surface area contributed by atoms with Crippen molar-refractivity contribution in [2.75, 3.05) is 19.8 Å². The van der Waals surface area contributed by atoms with Crippen molar-refractivity contribution in [3.63, 3.8) is 0 Å². The maximum Gasteiger partial charge on any atom is 0.0877 e. The van der Waals surface area contributed by atoms with Gasteiger partial charge in [-0.15, -0.1) is 0 Å². The predicted molar refractivity (Wildman–Crippen MR) is 41.3 cm³/mol. The third kappa shape index (κ3) is 1.17. The lowest BCUT2D eigenvalue weighted by molar-refractivity contribution is -0.0927. The predicted octanol–water partition coefficient (Wildman–Crippen LogP) is 0.283. The molecule has 0 aliphatic carbocycles. The first-order chi connectivity index (χ1) is 5.33. The quantitative estimate of drug-likeness (QED) is 0.549. The average molecular weight is 157 g/mol. The summed E-state index contributed by atoms with van der Waals surface area (Å²) in [6.45, 7) is 2.36. The Balaban J connectivity index is 2.07. The molecule has 0 unspecified atom stereocenters. The van der Waals surface area contributed by atoms with Gasteiger partial charge in [-0.25, -0.2) is 0 Å². The second kappa shape index (κ2) is 2.73. The highest BCUT2D eigenvalue weighted by Gasteiger charge is 2.42. The van der Waals surface area contributed by atoms with E-state index in [1.165, 1.54) is 0 Å². The van der Waals surface area contributed by atoms with E-state index in [2.05, 4.69) is 0 Å². The lowest BCUT2D eigenvalue weighted by Gasteiger charge is -2.37. The summed E-state index contributed by atoms with van der Waals surface area (Å²) in [6, 6.07) is 0.0961. The molecule has 2 saturated heterocycles. The highest BCUT2D eigenvalue weighted by atomic mass is 16.5. The minimum atomic E-state index is -0.0156. The molecule has 2 aliphatic heterocycles. The van der Waals surface area contributed by atoms with E-state index < -0.39 is 0 Å². The van der Waals surface area contributed by atoms with Gasteiger partial charge in [-0.3, -0.25) is 0 Å². The number of nitrogens with two attached hydrogens (primary N) is 1. The van der Waals surface area contributed by atoms with Crippen molar-refractivity contribution in [1.82, 2.24) is 0 Å². The van der Waals surface area contributed by atoms with Gasteiger partial charge in [0.2, 0.25) is 0 Å². The normalized spacial score (nSPS) is 45.0. The van der Waals surface area contributed by atoms with E-state index in [1.54, 1.807) is 0 Å². The minimum Gasteiger partial charge on any atom is -0.380 e. The first-order valence-electron chi connectivity index (χ1n) is 4.31. The molecule has 2 atom stereocenters. The number of hydrogen-bond acceptors (Lipinski definition) is 3. The summed E-state index contributed by atoms with van der Waals surface area (Å²) in [7, 11) is 0. The summed E-state index contributed by atoms with van der Waals surface area (Å²) >= 11 is 0. The molecule has 2 aliphatic rings. The molecule has 2 heterocycles. The van der Waals surface area contributed by atoms with Crippen LogP contribution in [-0.4, -0.2) is 31.5 Å². The zero-order chi connectivity index (χ0) is 7.73. The Morgan fingerprint density at radius 1 is 1.27 bits per heavy atom. The van der Waals surface area contributed by atoms with Crippen LogP contribution in [-0.2, 0) is 9.47 Å². The molecule has 0 aromatic rings. The SMILES string of the molecule is N[C@H]1COCC[C@@]12CCCO2. The maximum absolute atomic E-state index is 5.93. The molecule has 0 radical (unpaired) electrons. The van der Waals surface area contributed by atoms with Gasteiger partial charge in [0.1, 0.15) is 0 Å². The van der Waals surface area contributed by atoms with Crippen LogP contribution in [0.25, 0.3) is 0 Å². The fraction of sp³-hybridized carbons (Fsp3) is 1.00. The van der Waals surface area contributed by atoms with E-state index in [4.69, 9.17) is 15.2 Å². The molecular weight excluding hydrogens is 142 g/mol. The van der Waals surface area contributed by atoms with E-state index in [-0.39, 0.29) is 11.6 Å². The van der Waals surface area contributed by atoms with Gasteiger partial charge in [0.05, 0.1) is 18.2 Å². The standard InChI is InChI=1S/C8H15NO2/c9-7-6-10-5-3-8(7)2-1-4-11-8/h7H,1-6,9H2/t7-,8-/m0/s1. The summed E-state index contributed by atoms with van der Waals surface area (Å²) in [6.07, 6.45) is 3.26. The van der Waals surface area contributed by atoms with E-state index in [0.29, 0.717) is 6.61 Å². The second-order valence-corrected chi connectivity index (χ2v) is 3.45. The van der Waals surface area contributed by atoms with Crippen molar-refractivity contribution in [3.8, 4) is 0 Å². The van der Waals surface area contributed by atoms with Crippen molar-refractivity contribution >= 4 is 0 Å². The Kier molecular flexibility index (Phi) is 1.87. The summed E-state index contributed by atoms with van der Waals surface area (Å²) in [5, 5.41) is 0. The fourth-order valence-corrected chi connectivity index (χ4v) is 2.00. The van der Waals surface area contributed by atoms with E-state index in [9.17, 15) is 0 Å². The topological polar surface area (TPSA) is 44.5 Å². The highest BCUT2D eigenvalue weighted by Crippen LogP contribution is 2.33. The van der Waals surface area contributed by atoms with Crippen LogP contribution in [0.1, 0.15) is 19.3 Å². The zero-order valence-corrected chi connectivity index (χ0v) is 6.71. The van der Waals surface area contributed by atoms with Gasteiger partial charge in [-0.05, 0) is 12.8 Å². The summed E-state index contributed by atoms with van der Waals surface area (Å²) in [4.78, 5) is 0. The Bertz CT molecular complexity index is 143. The Morgan fingerprint density at radius 3 is 2.82 bits per heavy atom. The van der Waals surface area contributed by atoms with Crippen LogP contribution in [0, 0.1) is 0 Å². The minimum absolute atomic E-state index is 0.0156. The van der Waals surface area contributed by atoms with Gasteiger partial charge >= 0.3 is 0 Å². The Morgan fingerprint density at radius 2 is 2.18 bits per heavy atom. The van der Waals surface area contributed by atoms with Crippen molar-refractivity contribution in [1.29, 1.82) is 0 Å². The summed E-state index contributed by atoms with van der Waals surface area (Å²) in [5.74, 6) is 0. The van der Waals surface area contributed by atoms with Crippen molar-refractivity contribution in [3.05, 3.63) is 0 Å². The maximum atomic E-state index is 5.93. The van der Waals surface area contributed by atoms with Crippen LogP contribution >= 0.6 is 0 Å². The van der Waals surface area contributed by atoms with Crippen LogP contribution in [0.4, 0.5) is 0 Å². The molecule has 3 nitrogen and oxygen atoms in total. The van der Waals surface area contributed by atoms with Crippen molar-refractivity contribution in [2.45, 2.75) is 30.9 Å². The molecule has 2 N–H and O–H groups in total. The number of hydrogen-bond donors (Lipinski definition) is 1. The molecule has 1 spiro atoms. The number of ether oxygens (including phenoxy) is 2. The molecule has 0 amide bonds. The molecule has 11 heavy (non-hydrogen) atoms. The molecular formula is C8H15NO2. The Labute approximate surface area is 66.8 Å². The van der Waals surface area contributed by atoms with E-state index in [0.717, 1.165) is 32.5 Å². The first-order valence-corrected chi connectivity index (χ1v) is 4.31. The molecule has 0 aromatic heterocycles. The van der Waals surface area contributed by atoms with Gasteiger partial charge in [0.25, 0.3) is 0 Å². The number of rotatable bonds is 0. The first kappa shape index (κ1) is 7.53. The van der Waals surface area contributed by atoms with Crippen LogP contribution in [0.15, 0.2) is 0 Å². The van der Waals surface area contributed by atoms with E-state index in [1.807, 2.05) is 0 Å². The molecule has 0 saturated carbocycles. The third-order valence-electron chi connectivity index (χ3n) is 2.78. The van der Waals surface area contributed by atoms with Crippen LogP contribution < -0.4 is 5.73 Å². The third-order valence-corrected chi connectivity index (χ3v) is 2.78. The van der Waals surface area contributed by atoms with Crippen LogP contribution in [0.3, 0.4) is 0 Å². The second-order valence-electron chi connectivity index (χ2n) is 3.45. The van der Waals surface area contributed by atoms with Crippen LogP contribution in [0.5, 0.6) is 0 Å². The molecule has 2 fully saturated rings. The average Bonchev–Trinajstić information content (AvgIpc) is 2.46. The molecule has 64 valence electrons. The highest BCUT2D eigenvalue weighted by molar-refractivity contribution is 4.96. The summed E-state index contributed by atoms with van der Waals surface area (Å²) < 4.78 is 11.0. The lowest BCUT2D eigenvalue weighted by Crippen LogP contribution is -2.54. The smallest absolute Gasteiger partial charge is 0.0877 e. The van der Waals surface area contributed by atoms with Crippen molar-refractivity contribution < 1.29 is 9.47 Å². The van der Waals surface area contributed by atoms with E-state index >= 15 is 0 Å². The summed E-state index contributed by atoms with van der Waals surface area (Å²) in [5.41, 5.74) is 5.91. The molecule has 0 aromatic carbocycles. The van der Waals surface area contributed by atoms with Gasteiger partial charge in [0, 0.05) is 19.6 Å². The lowest BCUT2D eigenvalue weighted by atomic mass is 9.87. The monoisotopic (exact) mass is 157 g/mol. The molecule has 2 rings (SSSR count). The van der Waals surface area contributed by atoms with Gasteiger partial charge < -0.3 is 15.2 Å². The van der Waals surface area contributed by atoms with Gasteiger partial charge in [-0.1, -0.05) is 0 Å². The van der Waals surface area contributed by atoms with Gasteiger partial charge in [0.15, 0.2) is 0 Å². The van der Waals surface area contributed by atoms with Crippen LogP contribution in [0.2, 0.25) is 0 Å². The largest absolute Gasteiger partial charge is 0.380 e. The fourth-order valence-electron chi connectivity index (χ4n) is 2.00. The molecule has 0 bridgehead atoms.